The number of benzene rings is 1. The van der Waals surface area contributed by atoms with Crippen molar-refractivity contribution in [2.45, 2.75) is 12.7 Å². The molecule has 26 heavy (non-hydrogen) atoms. The van der Waals surface area contributed by atoms with Crippen LogP contribution in [0.1, 0.15) is 5.69 Å². The lowest BCUT2D eigenvalue weighted by Gasteiger charge is -2.24. The summed E-state index contributed by atoms with van der Waals surface area (Å²) in [5.74, 6) is 0.512. The number of ether oxygens (including phenoxy) is 3. The summed E-state index contributed by atoms with van der Waals surface area (Å²) in [6.45, 7) is -0.0557. The Kier molecular flexibility index (Phi) is 4.34. The van der Waals surface area contributed by atoms with E-state index in [0.717, 1.165) is 4.47 Å². The van der Waals surface area contributed by atoms with Crippen LogP contribution < -0.4 is 15.0 Å². The van der Waals surface area contributed by atoms with Gasteiger partial charge in [-0.05, 0) is 40.2 Å². The third-order valence-corrected chi connectivity index (χ3v) is 4.28. The molecule has 1 aliphatic heterocycles. The van der Waals surface area contributed by atoms with Crippen LogP contribution >= 0.6 is 15.9 Å². The molecule has 1 aliphatic rings. The molecular weight excluding hydrogens is 404 g/mol. The summed E-state index contributed by atoms with van der Waals surface area (Å²) in [6.07, 6.45) is 0.771. The monoisotopic (exact) mass is 416 g/mol. The number of para-hydroxylation sites is 2. The molecule has 0 radical (unpaired) electrons. The molecule has 1 aromatic carbocycles. The maximum atomic E-state index is 12.2. The first-order chi connectivity index (χ1) is 12.6. The van der Waals surface area contributed by atoms with Gasteiger partial charge >= 0.3 is 5.97 Å². The number of carbonyl (C=O) groups excluding carboxylic acids is 1. The zero-order valence-corrected chi connectivity index (χ0v) is 15.0. The van der Waals surface area contributed by atoms with Gasteiger partial charge in [-0.3, -0.25) is 9.20 Å². The van der Waals surface area contributed by atoms with Crippen molar-refractivity contribution in [1.82, 2.24) is 9.38 Å². The summed E-state index contributed by atoms with van der Waals surface area (Å²) >= 11 is 3.31. The van der Waals surface area contributed by atoms with Gasteiger partial charge in [-0.1, -0.05) is 12.1 Å². The number of pyridine rings is 1. The summed E-state index contributed by atoms with van der Waals surface area (Å²) in [5, 5.41) is 0. The van der Waals surface area contributed by atoms with Crippen LogP contribution in [0.2, 0.25) is 0 Å². The van der Waals surface area contributed by atoms with Crippen LogP contribution in [0, 0.1) is 0 Å². The van der Waals surface area contributed by atoms with Crippen molar-refractivity contribution >= 4 is 27.5 Å². The minimum atomic E-state index is -0.859. The minimum absolute atomic E-state index is 0.0671. The Bertz CT molecular complexity index is 1050. The molecule has 8 heteroatoms. The van der Waals surface area contributed by atoms with Gasteiger partial charge in [-0.25, -0.2) is 9.78 Å². The van der Waals surface area contributed by atoms with E-state index in [1.54, 1.807) is 36.5 Å². The first-order valence-electron chi connectivity index (χ1n) is 7.83. The van der Waals surface area contributed by atoms with Crippen LogP contribution in [0.5, 0.6) is 11.5 Å². The smallest absolute Gasteiger partial charge is 0.351 e. The van der Waals surface area contributed by atoms with Gasteiger partial charge in [0.25, 0.3) is 5.56 Å². The quantitative estimate of drug-likeness (QED) is 0.609. The van der Waals surface area contributed by atoms with Crippen molar-refractivity contribution in [3.05, 3.63) is 69.2 Å². The fourth-order valence-electron chi connectivity index (χ4n) is 2.57. The zero-order valence-electron chi connectivity index (χ0n) is 13.4. The number of hydrogen-bond acceptors (Lipinski definition) is 6. The molecule has 3 aromatic rings. The van der Waals surface area contributed by atoms with E-state index in [-0.39, 0.29) is 18.8 Å². The fraction of sp³-hybridized carbons (Fsp3) is 0.167. The molecule has 1 atom stereocenters. The molecule has 0 bridgehead atoms. The highest BCUT2D eigenvalue weighted by Gasteiger charge is 2.28. The van der Waals surface area contributed by atoms with Gasteiger partial charge in [0.05, 0.1) is 5.69 Å². The van der Waals surface area contributed by atoms with E-state index in [4.69, 9.17) is 14.2 Å². The number of rotatable bonds is 3. The van der Waals surface area contributed by atoms with Gasteiger partial charge in [-0.2, -0.15) is 0 Å². The third kappa shape index (κ3) is 3.28. The SMILES string of the molecule is O=C(OCc1cc(=O)n2cc(Br)ccc2n1)[C@H]1COc2ccccc2O1. The van der Waals surface area contributed by atoms with Crippen molar-refractivity contribution in [3.63, 3.8) is 0 Å². The van der Waals surface area contributed by atoms with Crippen molar-refractivity contribution in [3.8, 4) is 11.5 Å². The van der Waals surface area contributed by atoms with Gasteiger partial charge in [0.15, 0.2) is 11.5 Å². The Hall–Kier alpha value is -2.87. The van der Waals surface area contributed by atoms with E-state index in [1.165, 1.54) is 10.5 Å². The number of nitrogens with zero attached hydrogens (tertiary/aromatic N) is 2. The standard InChI is InChI=1S/C18H13BrN2O5/c19-11-5-6-16-20-12(7-17(22)21(16)8-11)9-25-18(23)15-10-24-13-3-1-2-4-14(13)26-15/h1-8,15H,9-10H2/t15-/m1/s1. The number of halogens is 1. The molecule has 4 rings (SSSR count). The van der Waals surface area contributed by atoms with Crippen LogP contribution in [0.25, 0.3) is 5.65 Å². The van der Waals surface area contributed by atoms with Gasteiger partial charge in [0.1, 0.15) is 18.9 Å². The predicted molar refractivity (Wildman–Crippen MR) is 95.3 cm³/mol. The lowest BCUT2D eigenvalue weighted by molar-refractivity contribution is -0.156. The lowest BCUT2D eigenvalue weighted by Crippen LogP contribution is -2.37. The molecule has 0 aliphatic carbocycles. The number of aromatic nitrogens is 2. The summed E-state index contributed by atoms with van der Waals surface area (Å²) in [7, 11) is 0. The van der Waals surface area contributed by atoms with Crippen LogP contribution in [-0.2, 0) is 16.1 Å². The van der Waals surface area contributed by atoms with Crippen LogP contribution in [0.3, 0.4) is 0 Å². The van der Waals surface area contributed by atoms with E-state index < -0.39 is 12.1 Å². The van der Waals surface area contributed by atoms with Crippen LogP contribution in [0.15, 0.2) is 57.9 Å². The van der Waals surface area contributed by atoms with Crippen molar-refractivity contribution in [1.29, 1.82) is 0 Å². The van der Waals surface area contributed by atoms with Crippen LogP contribution in [-0.4, -0.2) is 28.1 Å². The first kappa shape index (κ1) is 16.6. The number of esters is 1. The van der Waals surface area contributed by atoms with Gasteiger partial charge in [-0.15, -0.1) is 0 Å². The highest BCUT2D eigenvalue weighted by molar-refractivity contribution is 9.10. The Balaban J connectivity index is 1.46. The van der Waals surface area contributed by atoms with Crippen molar-refractivity contribution in [2.75, 3.05) is 6.61 Å². The molecule has 0 amide bonds. The van der Waals surface area contributed by atoms with E-state index >= 15 is 0 Å². The second-order valence-corrected chi connectivity index (χ2v) is 6.55. The maximum absolute atomic E-state index is 12.2. The van der Waals surface area contributed by atoms with Crippen LogP contribution in [0.4, 0.5) is 0 Å². The summed E-state index contributed by atoms with van der Waals surface area (Å²) in [6, 6.07) is 11.9. The second kappa shape index (κ2) is 6.80. The average molecular weight is 417 g/mol. The van der Waals surface area contributed by atoms with E-state index in [1.807, 2.05) is 6.07 Å². The van der Waals surface area contributed by atoms with Crippen molar-refractivity contribution < 1.29 is 19.0 Å². The Labute approximate surface area is 156 Å². The second-order valence-electron chi connectivity index (χ2n) is 5.63. The topological polar surface area (TPSA) is 79.1 Å². The highest BCUT2D eigenvalue weighted by Crippen LogP contribution is 2.31. The zero-order chi connectivity index (χ0) is 18.1. The van der Waals surface area contributed by atoms with Gasteiger partial charge in [0.2, 0.25) is 6.10 Å². The highest BCUT2D eigenvalue weighted by atomic mass is 79.9. The summed E-state index contributed by atoms with van der Waals surface area (Å²) < 4.78 is 18.5. The lowest BCUT2D eigenvalue weighted by atomic mass is 10.2. The number of fused-ring (bicyclic) bond motifs is 2. The predicted octanol–water partition coefficient (Wildman–Crippen LogP) is 2.34. The van der Waals surface area contributed by atoms with E-state index in [9.17, 15) is 9.59 Å². The molecular formula is C18H13BrN2O5. The summed E-state index contributed by atoms with van der Waals surface area (Å²) in [4.78, 5) is 28.7. The maximum Gasteiger partial charge on any atom is 0.351 e. The largest absolute Gasteiger partial charge is 0.485 e. The normalized spacial score (nSPS) is 15.7. The Morgan fingerprint density at radius 1 is 1.27 bits per heavy atom. The molecule has 2 aromatic heterocycles. The molecule has 0 unspecified atom stereocenters. The molecule has 0 spiro atoms. The number of hydrogen-bond donors (Lipinski definition) is 0. The van der Waals surface area contributed by atoms with Gasteiger partial charge in [0, 0.05) is 16.7 Å². The molecule has 0 saturated carbocycles. The summed E-state index contributed by atoms with van der Waals surface area (Å²) in [5.41, 5.74) is 0.578. The molecule has 132 valence electrons. The van der Waals surface area contributed by atoms with Crippen molar-refractivity contribution in [2.24, 2.45) is 0 Å². The average Bonchev–Trinajstić information content (AvgIpc) is 2.66. The fourth-order valence-corrected chi connectivity index (χ4v) is 2.91. The minimum Gasteiger partial charge on any atom is -0.485 e. The molecule has 0 N–H and O–H groups in total. The molecule has 0 saturated heterocycles. The Morgan fingerprint density at radius 3 is 2.92 bits per heavy atom. The van der Waals surface area contributed by atoms with E-state index in [0.29, 0.717) is 22.8 Å². The molecule has 3 heterocycles. The number of carbonyl (C=O) groups is 1. The first-order valence-corrected chi connectivity index (χ1v) is 8.62. The third-order valence-electron chi connectivity index (χ3n) is 3.81. The van der Waals surface area contributed by atoms with E-state index in [2.05, 4.69) is 20.9 Å². The molecule has 0 fully saturated rings. The van der Waals surface area contributed by atoms with Gasteiger partial charge < -0.3 is 14.2 Å². The molecule has 7 nitrogen and oxygen atoms in total. The Morgan fingerprint density at radius 2 is 2.08 bits per heavy atom.